The van der Waals surface area contributed by atoms with Gasteiger partial charge in [-0.3, -0.25) is 0 Å². The number of aromatic nitrogens is 1. The van der Waals surface area contributed by atoms with Crippen LogP contribution in [0.25, 0.3) is 0 Å². The van der Waals surface area contributed by atoms with Crippen molar-refractivity contribution in [2.45, 2.75) is 44.8 Å². The fourth-order valence-electron chi connectivity index (χ4n) is 3.08. The van der Waals surface area contributed by atoms with Crippen molar-refractivity contribution >= 4 is 11.3 Å². The van der Waals surface area contributed by atoms with Gasteiger partial charge in [-0.1, -0.05) is 30.3 Å². The summed E-state index contributed by atoms with van der Waals surface area (Å²) < 4.78 is 5.34. The molecule has 24 heavy (non-hydrogen) atoms. The fourth-order valence-corrected chi connectivity index (χ4v) is 4.21. The average molecular weight is 346 g/mol. The van der Waals surface area contributed by atoms with Crippen LogP contribution in [0.3, 0.4) is 0 Å². The minimum absolute atomic E-state index is 0.193. The van der Waals surface area contributed by atoms with Crippen molar-refractivity contribution in [3.8, 4) is 0 Å². The number of ether oxygens (including phenoxy) is 1. The minimum Gasteiger partial charge on any atom is -0.388 e. The zero-order chi connectivity index (χ0) is 17.0. The normalized spacial score (nSPS) is 18.5. The molecule has 1 atom stereocenters. The van der Waals surface area contributed by atoms with E-state index in [4.69, 9.17) is 9.72 Å². The number of nitrogens with one attached hydrogen (secondary N) is 1. The smallest absolute Gasteiger partial charge is 0.0975 e. The van der Waals surface area contributed by atoms with Crippen LogP contribution < -0.4 is 5.32 Å². The van der Waals surface area contributed by atoms with Crippen LogP contribution in [0.4, 0.5) is 0 Å². The molecular formula is C19H26N2O2S. The van der Waals surface area contributed by atoms with E-state index >= 15 is 0 Å². The molecule has 130 valence electrons. The Morgan fingerprint density at radius 2 is 2.00 bits per heavy atom. The van der Waals surface area contributed by atoms with Gasteiger partial charge < -0.3 is 15.2 Å². The van der Waals surface area contributed by atoms with Crippen molar-refractivity contribution in [2.75, 3.05) is 19.8 Å². The van der Waals surface area contributed by atoms with Gasteiger partial charge in [0.15, 0.2) is 0 Å². The van der Waals surface area contributed by atoms with Crippen molar-refractivity contribution in [3.63, 3.8) is 0 Å². The van der Waals surface area contributed by atoms with Crippen molar-refractivity contribution in [1.82, 2.24) is 10.3 Å². The van der Waals surface area contributed by atoms with E-state index in [0.717, 1.165) is 17.1 Å². The number of aliphatic hydroxyl groups is 1. The predicted octanol–water partition coefficient (Wildman–Crippen LogP) is 3.23. The first-order valence-corrected chi connectivity index (χ1v) is 9.41. The first kappa shape index (κ1) is 17.5. The third-order valence-electron chi connectivity index (χ3n) is 4.63. The predicted molar refractivity (Wildman–Crippen MR) is 97.5 cm³/mol. The summed E-state index contributed by atoms with van der Waals surface area (Å²) in [6.07, 6.45) is 2.28. The SMILES string of the molecule is Cc1nc(Cc2ccccc2)sc1C(C)NCC1(O)CCOCC1. The number of nitrogens with zero attached hydrogens (tertiary/aromatic N) is 1. The van der Waals surface area contributed by atoms with Gasteiger partial charge in [-0.15, -0.1) is 11.3 Å². The standard InChI is InChI=1S/C19H26N2O2S/c1-14(20-13-19(22)8-10-23-11-9-19)18-15(2)21-17(24-18)12-16-6-4-3-5-7-16/h3-7,14,20,22H,8-13H2,1-2H3. The van der Waals surface area contributed by atoms with Crippen LogP contribution in [-0.2, 0) is 11.2 Å². The number of hydrogen-bond donors (Lipinski definition) is 2. The highest BCUT2D eigenvalue weighted by Crippen LogP contribution is 2.28. The minimum atomic E-state index is -0.641. The summed E-state index contributed by atoms with van der Waals surface area (Å²) in [7, 11) is 0. The number of hydrogen-bond acceptors (Lipinski definition) is 5. The van der Waals surface area contributed by atoms with Crippen LogP contribution in [0.5, 0.6) is 0 Å². The molecule has 2 N–H and O–H groups in total. The van der Waals surface area contributed by atoms with Gasteiger partial charge in [0.25, 0.3) is 0 Å². The maximum Gasteiger partial charge on any atom is 0.0975 e. The van der Waals surface area contributed by atoms with E-state index in [0.29, 0.717) is 32.6 Å². The molecule has 0 radical (unpaired) electrons. The summed E-state index contributed by atoms with van der Waals surface area (Å²) in [5, 5.41) is 15.2. The Hall–Kier alpha value is -1.27. The van der Waals surface area contributed by atoms with Crippen LogP contribution in [-0.4, -0.2) is 35.5 Å². The van der Waals surface area contributed by atoms with E-state index in [2.05, 4.69) is 43.4 Å². The second-order valence-corrected chi connectivity index (χ2v) is 7.77. The van der Waals surface area contributed by atoms with Crippen LogP contribution in [0.1, 0.15) is 46.9 Å². The van der Waals surface area contributed by atoms with E-state index in [1.807, 2.05) is 6.07 Å². The molecule has 1 aromatic carbocycles. The molecule has 2 aromatic rings. The van der Waals surface area contributed by atoms with Gasteiger partial charge in [-0.2, -0.15) is 0 Å². The van der Waals surface area contributed by atoms with Crippen molar-refractivity contribution in [2.24, 2.45) is 0 Å². The van der Waals surface area contributed by atoms with E-state index in [9.17, 15) is 5.11 Å². The highest BCUT2D eigenvalue weighted by Gasteiger charge is 2.30. The number of rotatable bonds is 6. The van der Waals surface area contributed by atoms with E-state index in [1.165, 1.54) is 10.4 Å². The summed E-state index contributed by atoms with van der Waals surface area (Å²) in [5.41, 5.74) is 1.73. The Kier molecular flexibility index (Phi) is 5.66. The monoisotopic (exact) mass is 346 g/mol. The number of benzene rings is 1. The Balaban J connectivity index is 1.61. The van der Waals surface area contributed by atoms with Gasteiger partial charge in [0.1, 0.15) is 0 Å². The first-order chi connectivity index (χ1) is 11.6. The van der Waals surface area contributed by atoms with Crippen molar-refractivity contribution < 1.29 is 9.84 Å². The number of aryl methyl sites for hydroxylation is 1. The summed E-state index contributed by atoms with van der Waals surface area (Å²) in [6.45, 7) is 6.11. The highest BCUT2D eigenvalue weighted by molar-refractivity contribution is 7.11. The Morgan fingerprint density at radius 3 is 2.71 bits per heavy atom. The highest BCUT2D eigenvalue weighted by atomic mass is 32.1. The Morgan fingerprint density at radius 1 is 1.29 bits per heavy atom. The molecule has 1 saturated heterocycles. The molecule has 1 aromatic heterocycles. The zero-order valence-electron chi connectivity index (χ0n) is 14.4. The van der Waals surface area contributed by atoms with Gasteiger partial charge in [-0.25, -0.2) is 4.98 Å². The second kappa shape index (κ2) is 7.74. The zero-order valence-corrected chi connectivity index (χ0v) is 15.2. The van der Waals surface area contributed by atoms with Crippen LogP contribution >= 0.6 is 11.3 Å². The van der Waals surface area contributed by atoms with Gasteiger partial charge in [0.2, 0.25) is 0 Å². The second-order valence-electron chi connectivity index (χ2n) is 6.66. The maximum atomic E-state index is 10.6. The van der Waals surface area contributed by atoms with Gasteiger partial charge in [-0.05, 0) is 19.4 Å². The summed E-state index contributed by atoms with van der Waals surface area (Å²) in [6, 6.07) is 10.6. The summed E-state index contributed by atoms with van der Waals surface area (Å²) >= 11 is 1.77. The molecule has 3 rings (SSSR count). The third-order valence-corrected chi connectivity index (χ3v) is 5.97. The van der Waals surface area contributed by atoms with Gasteiger partial charge in [0, 0.05) is 49.9 Å². The molecule has 1 aliphatic heterocycles. The molecule has 2 heterocycles. The molecule has 1 unspecified atom stereocenters. The fraction of sp³-hybridized carbons (Fsp3) is 0.526. The quantitative estimate of drug-likeness (QED) is 0.843. The van der Waals surface area contributed by atoms with E-state index in [1.54, 1.807) is 11.3 Å². The van der Waals surface area contributed by atoms with Crippen LogP contribution in [0.2, 0.25) is 0 Å². The molecule has 0 bridgehead atoms. The molecule has 0 aliphatic carbocycles. The first-order valence-electron chi connectivity index (χ1n) is 8.59. The number of thiazole rings is 1. The molecule has 0 saturated carbocycles. The largest absolute Gasteiger partial charge is 0.388 e. The summed E-state index contributed by atoms with van der Waals surface area (Å²) in [4.78, 5) is 6.00. The van der Waals surface area contributed by atoms with Crippen molar-refractivity contribution in [1.29, 1.82) is 0 Å². The lowest BCUT2D eigenvalue weighted by atomic mass is 9.94. The molecular weight excluding hydrogens is 320 g/mol. The lowest BCUT2D eigenvalue weighted by molar-refractivity contribution is -0.0625. The molecule has 0 amide bonds. The van der Waals surface area contributed by atoms with Crippen molar-refractivity contribution in [3.05, 3.63) is 51.5 Å². The Labute approximate surface area is 147 Å². The molecule has 0 spiro atoms. The molecule has 5 heteroatoms. The van der Waals surface area contributed by atoms with Gasteiger partial charge in [0.05, 0.1) is 16.3 Å². The topological polar surface area (TPSA) is 54.4 Å². The van der Waals surface area contributed by atoms with Gasteiger partial charge >= 0.3 is 0 Å². The lowest BCUT2D eigenvalue weighted by Gasteiger charge is -2.33. The summed E-state index contributed by atoms with van der Waals surface area (Å²) in [5.74, 6) is 0. The average Bonchev–Trinajstić information content (AvgIpc) is 2.95. The van der Waals surface area contributed by atoms with Crippen LogP contribution in [0.15, 0.2) is 30.3 Å². The van der Waals surface area contributed by atoms with E-state index in [-0.39, 0.29) is 6.04 Å². The molecule has 4 nitrogen and oxygen atoms in total. The maximum absolute atomic E-state index is 10.6. The third kappa shape index (κ3) is 4.42. The molecule has 1 aliphatic rings. The van der Waals surface area contributed by atoms with Crippen LogP contribution in [0, 0.1) is 6.92 Å². The Bertz CT molecular complexity index is 651. The molecule has 1 fully saturated rings. The van der Waals surface area contributed by atoms with E-state index < -0.39 is 5.60 Å². The lowest BCUT2D eigenvalue weighted by Crippen LogP contribution is -2.45.